The number of hydrogen-bond acceptors (Lipinski definition) is 10. The summed E-state index contributed by atoms with van der Waals surface area (Å²) >= 11 is 1.80. The van der Waals surface area contributed by atoms with Crippen molar-refractivity contribution in [1.29, 1.82) is 0 Å². The quantitative estimate of drug-likeness (QED) is 0.285. The number of nitrogens with zero attached hydrogens (tertiary/aromatic N) is 6. The first-order valence-corrected chi connectivity index (χ1v) is 13.2. The molecule has 36 heavy (non-hydrogen) atoms. The first kappa shape index (κ1) is 23.3. The lowest BCUT2D eigenvalue weighted by Crippen LogP contribution is -2.46. The van der Waals surface area contributed by atoms with Crippen LogP contribution in [0.4, 0.5) is 5.82 Å². The minimum absolute atomic E-state index is 0.456. The first-order valence-electron chi connectivity index (χ1n) is 12.3. The van der Waals surface area contributed by atoms with Gasteiger partial charge in [0.15, 0.2) is 11.6 Å². The average Bonchev–Trinajstić information content (AvgIpc) is 3.56. The van der Waals surface area contributed by atoms with Gasteiger partial charge in [-0.2, -0.15) is 5.10 Å². The molecule has 11 heteroatoms. The van der Waals surface area contributed by atoms with E-state index in [1.807, 2.05) is 18.3 Å². The van der Waals surface area contributed by atoms with Crippen LogP contribution in [0.2, 0.25) is 0 Å². The van der Waals surface area contributed by atoms with Crippen molar-refractivity contribution in [3.8, 4) is 11.4 Å². The number of thiophene rings is 1. The zero-order valence-electron chi connectivity index (χ0n) is 20.1. The predicted molar refractivity (Wildman–Crippen MR) is 139 cm³/mol. The Morgan fingerprint density at radius 2 is 1.92 bits per heavy atom. The van der Waals surface area contributed by atoms with Crippen molar-refractivity contribution in [1.82, 2.24) is 30.0 Å². The number of piperazine rings is 1. The molecule has 5 heterocycles. The molecule has 1 aromatic carbocycles. The smallest absolute Gasteiger partial charge is 0.293 e. The highest BCUT2D eigenvalue weighted by Gasteiger charge is 2.23. The molecule has 0 atom stereocenters. The molecule has 0 radical (unpaired) electrons. The first-order chi connectivity index (χ1) is 17.8. The van der Waals surface area contributed by atoms with Crippen molar-refractivity contribution in [3.63, 3.8) is 0 Å². The summed E-state index contributed by atoms with van der Waals surface area (Å²) < 4.78 is 11.6. The topological polar surface area (TPSA) is 99.7 Å². The molecule has 1 N–H and O–H groups in total. The third-order valence-corrected chi connectivity index (χ3v) is 7.98. The Balaban J connectivity index is 1.28. The third-order valence-electron chi connectivity index (χ3n) is 6.88. The summed E-state index contributed by atoms with van der Waals surface area (Å²) in [7, 11) is 0. The van der Waals surface area contributed by atoms with Crippen molar-refractivity contribution < 1.29 is 14.3 Å². The number of benzene rings is 1. The molecule has 0 bridgehead atoms. The van der Waals surface area contributed by atoms with Crippen LogP contribution in [0, 0.1) is 0 Å². The van der Waals surface area contributed by atoms with E-state index in [9.17, 15) is 4.79 Å². The predicted octanol–water partition coefficient (Wildman–Crippen LogP) is 2.36. The summed E-state index contributed by atoms with van der Waals surface area (Å²) in [6, 6.07) is 8.33. The minimum Gasteiger partial charge on any atom is -0.467 e. The van der Waals surface area contributed by atoms with Crippen LogP contribution < -0.4 is 4.90 Å². The SMILES string of the molecule is O=COCCN1CCN(Cc2cc3nc(-c4cccc5[nH]ncc45)nc(N4CCOCC4)c3s2)CC1. The standard InChI is InChI=1S/C25H29N7O3S/c33-17-35-11-8-30-4-6-31(7-5-30)16-18-14-22-23(36-18)25(32-9-12-34-13-10-32)28-24(27-22)19-2-1-3-21-20(19)15-26-29-21/h1-3,14-15,17H,4-13,16H2,(H,26,29). The van der Waals surface area contributed by atoms with Crippen LogP contribution in [-0.2, 0) is 20.8 Å². The maximum absolute atomic E-state index is 10.4. The lowest BCUT2D eigenvalue weighted by Gasteiger charge is -2.34. The van der Waals surface area contributed by atoms with Crippen molar-refractivity contribution in [2.24, 2.45) is 0 Å². The van der Waals surface area contributed by atoms with Gasteiger partial charge < -0.3 is 14.4 Å². The van der Waals surface area contributed by atoms with E-state index in [-0.39, 0.29) is 0 Å². The van der Waals surface area contributed by atoms with E-state index < -0.39 is 0 Å². The van der Waals surface area contributed by atoms with Gasteiger partial charge >= 0.3 is 0 Å². The van der Waals surface area contributed by atoms with Crippen molar-refractivity contribution in [2.45, 2.75) is 6.54 Å². The molecule has 188 valence electrons. The summed E-state index contributed by atoms with van der Waals surface area (Å²) in [4.78, 5) is 29.0. The molecular formula is C25H29N7O3S. The van der Waals surface area contributed by atoms with E-state index in [0.717, 1.165) is 90.7 Å². The molecule has 0 aliphatic carbocycles. The molecule has 4 aromatic rings. The largest absolute Gasteiger partial charge is 0.467 e. The van der Waals surface area contributed by atoms with Crippen LogP contribution in [0.25, 0.3) is 32.5 Å². The number of carbonyl (C=O) groups is 1. The number of aromatic amines is 1. The summed E-state index contributed by atoms with van der Waals surface area (Å²) in [5.74, 6) is 1.72. The Kier molecular flexibility index (Phi) is 6.77. The van der Waals surface area contributed by atoms with Gasteiger partial charge in [0, 0.05) is 68.2 Å². The Bertz CT molecular complexity index is 1340. The Morgan fingerprint density at radius 3 is 2.75 bits per heavy atom. The number of aromatic nitrogens is 4. The van der Waals surface area contributed by atoms with E-state index in [0.29, 0.717) is 26.3 Å². The summed E-state index contributed by atoms with van der Waals surface area (Å²) in [6.07, 6.45) is 1.84. The maximum Gasteiger partial charge on any atom is 0.293 e. The van der Waals surface area contributed by atoms with E-state index in [1.165, 1.54) is 4.88 Å². The number of hydrogen-bond donors (Lipinski definition) is 1. The van der Waals surface area contributed by atoms with Gasteiger partial charge in [-0.1, -0.05) is 12.1 Å². The second-order valence-corrected chi connectivity index (χ2v) is 10.3. The maximum atomic E-state index is 10.4. The third kappa shape index (κ3) is 4.79. The zero-order valence-corrected chi connectivity index (χ0v) is 20.9. The monoisotopic (exact) mass is 507 g/mol. The molecule has 10 nitrogen and oxygen atoms in total. The van der Waals surface area contributed by atoms with Gasteiger partial charge in [-0.15, -0.1) is 11.3 Å². The molecule has 2 fully saturated rings. The average molecular weight is 508 g/mol. The fraction of sp³-hybridized carbons (Fsp3) is 0.440. The fourth-order valence-corrected chi connectivity index (χ4v) is 6.09. The molecule has 0 unspecified atom stereocenters. The molecule has 2 aliphatic rings. The van der Waals surface area contributed by atoms with Crippen LogP contribution in [0.1, 0.15) is 4.88 Å². The number of fused-ring (bicyclic) bond motifs is 2. The Morgan fingerprint density at radius 1 is 1.08 bits per heavy atom. The second-order valence-electron chi connectivity index (χ2n) is 9.12. The molecule has 0 spiro atoms. The Hall–Kier alpha value is -3.12. The van der Waals surface area contributed by atoms with Gasteiger partial charge in [-0.3, -0.25) is 19.7 Å². The van der Waals surface area contributed by atoms with E-state index in [4.69, 9.17) is 19.4 Å². The fourth-order valence-electron chi connectivity index (χ4n) is 4.94. The number of nitrogens with one attached hydrogen (secondary N) is 1. The zero-order chi connectivity index (χ0) is 24.3. The molecule has 6 rings (SSSR count). The highest BCUT2D eigenvalue weighted by Crippen LogP contribution is 2.36. The van der Waals surface area contributed by atoms with Crippen molar-refractivity contribution >= 4 is 44.7 Å². The molecule has 3 aromatic heterocycles. The van der Waals surface area contributed by atoms with Gasteiger partial charge in [-0.05, 0) is 12.1 Å². The summed E-state index contributed by atoms with van der Waals surface area (Å²) in [5, 5.41) is 8.30. The van der Waals surface area contributed by atoms with Crippen LogP contribution in [0.5, 0.6) is 0 Å². The number of H-pyrrole nitrogens is 1. The van der Waals surface area contributed by atoms with E-state index in [2.05, 4.69) is 37.0 Å². The van der Waals surface area contributed by atoms with Gasteiger partial charge in [-0.25, -0.2) is 9.97 Å². The highest BCUT2D eigenvalue weighted by atomic mass is 32.1. The molecule has 2 saturated heterocycles. The van der Waals surface area contributed by atoms with Gasteiger partial charge in [0.25, 0.3) is 6.47 Å². The van der Waals surface area contributed by atoms with Crippen molar-refractivity contribution in [2.75, 3.05) is 70.5 Å². The van der Waals surface area contributed by atoms with E-state index in [1.54, 1.807) is 11.3 Å². The van der Waals surface area contributed by atoms with Crippen LogP contribution >= 0.6 is 11.3 Å². The number of carbonyl (C=O) groups excluding carboxylic acids is 1. The van der Waals surface area contributed by atoms with Crippen LogP contribution in [0.3, 0.4) is 0 Å². The molecule has 2 aliphatic heterocycles. The molecule has 0 amide bonds. The van der Waals surface area contributed by atoms with Crippen LogP contribution in [-0.4, -0.2) is 102 Å². The summed E-state index contributed by atoms with van der Waals surface area (Å²) in [5.41, 5.74) is 2.96. The number of rotatable bonds is 8. The van der Waals surface area contributed by atoms with Gasteiger partial charge in [0.1, 0.15) is 6.61 Å². The molecule has 0 saturated carbocycles. The van der Waals surface area contributed by atoms with Gasteiger partial charge in [0.2, 0.25) is 0 Å². The van der Waals surface area contributed by atoms with Gasteiger partial charge in [0.05, 0.1) is 35.1 Å². The number of ether oxygens (including phenoxy) is 2. The Labute approximate surface area is 212 Å². The highest BCUT2D eigenvalue weighted by molar-refractivity contribution is 7.19. The second kappa shape index (κ2) is 10.5. The van der Waals surface area contributed by atoms with Crippen molar-refractivity contribution in [3.05, 3.63) is 35.3 Å². The lowest BCUT2D eigenvalue weighted by atomic mass is 10.1. The number of morpholine rings is 1. The normalized spacial score (nSPS) is 17.7. The lowest BCUT2D eigenvalue weighted by molar-refractivity contribution is -0.129. The number of anilines is 1. The molecular weight excluding hydrogens is 478 g/mol. The van der Waals surface area contributed by atoms with E-state index >= 15 is 0 Å². The summed E-state index contributed by atoms with van der Waals surface area (Å²) in [6.45, 7) is 9.66. The minimum atomic E-state index is 0.456. The van der Waals surface area contributed by atoms with Crippen LogP contribution in [0.15, 0.2) is 30.5 Å².